The largest absolute Gasteiger partial charge is 0.341 e. The Bertz CT molecular complexity index is 748. The van der Waals surface area contributed by atoms with Crippen molar-refractivity contribution in [2.75, 3.05) is 26.2 Å². The average Bonchev–Trinajstić information content (AvgIpc) is 2.90. The smallest absolute Gasteiger partial charge is 0.253 e. The lowest BCUT2D eigenvalue weighted by Crippen LogP contribution is -2.38. The van der Waals surface area contributed by atoms with E-state index in [1.807, 2.05) is 58.3 Å². The second kappa shape index (κ2) is 8.17. The minimum Gasteiger partial charge on any atom is -0.341 e. The van der Waals surface area contributed by atoms with E-state index in [0.29, 0.717) is 43.2 Å². The van der Waals surface area contributed by atoms with Crippen LogP contribution in [0.15, 0.2) is 54.6 Å². The highest BCUT2D eigenvalue weighted by molar-refractivity contribution is 6.31. The molecule has 0 atom stereocenters. The predicted octanol–water partition coefficient (Wildman–Crippen LogP) is 3.26. The van der Waals surface area contributed by atoms with Gasteiger partial charge in [0.15, 0.2) is 0 Å². The topological polar surface area (TPSA) is 40.6 Å². The molecule has 0 unspecified atom stereocenters. The summed E-state index contributed by atoms with van der Waals surface area (Å²) in [5, 5.41) is 0.617. The minimum atomic E-state index is 0.0287. The molecular weight excluding hydrogens is 336 g/mol. The molecule has 1 saturated heterocycles. The fourth-order valence-corrected chi connectivity index (χ4v) is 3.25. The van der Waals surface area contributed by atoms with Gasteiger partial charge in [0.2, 0.25) is 5.91 Å². The maximum atomic E-state index is 12.6. The second-order valence-electron chi connectivity index (χ2n) is 6.16. The van der Waals surface area contributed by atoms with Crippen molar-refractivity contribution in [3.05, 3.63) is 70.7 Å². The maximum Gasteiger partial charge on any atom is 0.253 e. The highest BCUT2D eigenvalue weighted by Crippen LogP contribution is 2.17. The highest BCUT2D eigenvalue weighted by atomic mass is 35.5. The number of hydrogen-bond acceptors (Lipinski definition) is 2. The van der Waals surface area contributed by atoms with Gasteiger partial charge in [0, 0.05) is 36.8 Å². The molecule has 1 aliphatic heterocycles. The van der Waals surface area contributed by atoms with Crippen molar-refractivity contribution in [1.29, 1.82) is 0 Å². The van der Waals surface area contributed by atoms with Gasteiger partial charge in [-0.3, -0.25) is 9.59 Å². The molecule has 2 amide bonds. The van der Waals surface area contributed by atoms with Gasteiger partial charge in [0.05, 0.1) is 6.42 Å². The first-order chi connectivity index (χ1) is 12.1. The lowest BCUT2D eigenvalue weighted by molar-refractivity contribution is -0.130. The van der Waals surface area contributed by atoms with E-state index < -0.39 is 0 Å². The van der Waals surface area contributed by atoms with Gasteiger partial charge in [-0.15, -0.1) is 0 Å². The van der Waals surface area contributed by atoms with Crippen LogP contribution in [0.5, 0.6) is 0 Å². The number of halogens is 1. The Balaban J connectivity index is 1.60. The first kappa shape index (κ1) is 17.5. The van der Waals surface area contributed by atoms with Crippen LogP contribution in [0.25, 0.3) is 0 Å². The van der Waals surface area contributed by atoms with Crippen LogP contribution in [0.3, 0.4) is 0 Å². The van der Waals surface area contributed by atoms with E-state index in [0.717, 1.165) is 12.0 Å². The molecule has 130 valence electrons. The number of carbonyl (C=O) groups excluding carboxylic acids is 2. The molecule has 1 heterocycles. The molecule has 2 aromatic carbocycles. The van der Waals surface area contributed by atoms with Gasteiger partial charge >= 0.3 is 0 Å². The summed E-state index contributed by atoms with van der Waals surface area (Å²) >= 11 is 6.15. The van der Waals surface area contributed by atoms with Gasteiger partial charge in [-0.05, 0) is 30.2 Å². The van der Waals surface area contributed by atoms with Gasteiger partial charge < -0.3 is 9.80 Å². The third-order valence-corrected chi connectivity index (χ3v) is 4.82. The Hall–Kier alpha value is -2.33. The molecule has 0 radical (unpaired) electrons. The summed E-state index contributed by atoms with van der Waals surface area (Å²) in [5.74, 6) is 0.0862. The zero-order chi connectivity index (χ0) is 17.6. The molecule has 0 aromatic heterocycles. The summed E-state index contributed by atoms with van der Waals surface area (Å²) in [7, 11) is 0. The van der Waals surface area contributed by atoms with Crippen LogP contribution in [0.1, 0.15) is 22.3 Å². The van der Waals surface area contributed by atoms with E-state index in [4.69, 9.17) is 11.6 Å². The van der Waals surface area contributed by atoms with E-state index in [2.05, 4.69) is 0 Å². The predicted molar refractivity (Wildman–Crippen MR) is 98.7 cm³/mol. The fourth-order valence-electron chi connectivity index (χ4n) is 3.05. The molecule has 5 heteroatoms. The van der Waals surface area contributed by atoms with E-state index in [-0.39, 0.29) is 11.8 Å². The van der Waals surface area contributed by atoms with Gasteiger partial charge in [-0.25, -0.2) is 0 Å². The van der Waals surface area contributed by atoms with Gasteiger partial charge in [0.25, 0.3) is 5.91 Å². The Morgan fingerprint density at radius 2 is 1.48 bits per heavy atom. The normalized spacial score (nSPS) is 14.9. The molecule has 2 aromatic rings. The fraction of sp³-hybridized carbons (Fsp3) is 0.300. The van der Waals surface area contributed by atoms with Crippen LogP contribution >= 0.6 is 11.6 Å². The van der Waals surface area contributed by atoms with Crippen molar-refractivity contribution in [3.8, 4) is 0 Å². The lowest BCUT2D eigenvalue weighted by atomic mass is 10.1. The molecule has 0 saturated carbocycles. The monoisotopic (exact) mass is 356 g/mol. The lowest BCUT2D eigenvalue weighted by Gasteiger charge is -2.22. The maximum absolute atomic E-state index is 12.6. The van der Waals surface area contributed by atoms with Crippen molar-refractivity contribution in [1.82, 2.24) is 9.80 Å². The van der Waals surface area contributed by atoms with Crippen LogP contribution in [0, 0.1) is 0 Å². The van der Waals surface area contributed by atoms with Crippen LogP contribution in [-0.2, 0) is 11.2 Å². The highest BCUT2D eigenvalue weighted by Gasteiger charge is 2.23. The van der Waals surface area contributed by atoms with Crippen LogP contribution in [-0.4, -0.2) is 47.8 Å². The number of benzene rings is 2. The summed E-state index contributed by atoms with van der Waals surface area (Å²) < 4.78 is 0. The minimum absolute atomic E-state index is 0.0287. The molecule has 25 heavy (non-hydrogen) atoms. The van der Waals surface area contributed by atoms with Crippen LogP contribution < -0.4 is 0 Å². The summed E-state index contributed by atoms with van der Waals surface area (Å²) in [6.45, 7) is 2.45. The van der Waals surface area contributed by atoms with Crippen LogP contribution in [0.4, 0.5) is 0 Å². The third-order valence-electron chi connectivity index (χ3n) is 4.46. The van der Waals surface area contributed by atoms with E-state index in [1.54, 1.807) is 6.07 Å². The Kier molecular flexibility index (Phi) is 5.71. The average molecular weight is 357 g/mol. The molecule has 1 aliphatic rings. The number of carbonyl (C=O) groups is 2. The van der Waals surface area contributed by atoms with Gasteiger partial charge in [-0.1, -0.05) is 48.0 Å². The summed E-state index contributed by atoms with van der Waals surface area (Å²) in [5.41, 5.74) is 1.54. The molecule has 1 fully saturated rings. The molecule has 3 rings (SSSR count). The first-order valence-corrected chi connectivity index (χ1v) is 8.88. The Morgan fingerprint density at radius 3 is 2.24 bits per heavy atom. The zero-order valence-electron chi connectivity index (χ0n) is 14.0. The molecule has 4 nitrogen and oxygen atoms in total. The molecule has 0 spiro atoms. The van der Waals surface area contributed by atoms with Crippen molar-refractivity contribution in [2.24, 2.45) is 0 Å². The summed E-state index contributed by atoms with van der Waals surface area (Å²) in [6.07, 6.45) is 1.08. The number of amides is 2. The number of rotatable bonds is 3. The summed E-state index contributed by atoms with van der Waals surface area (Å²) in [4.78, 5) is 28.8. The van der Waals surface area contributed by atoms with Gasteiger partial charge in [0.1, 0.15) is 0 Å². The van der Waals surface area contributed by atoms with Crippen molar-refractivity contribution in [2.45, 2.75) is 12.8 Å². The first-order valence-electron chi connectivity index (χ1n) is 8.50. The van der Waals surface area contributed by atoms with Crippen molar-refractivity contribution in [3.63, 3.8) is 0 Å². The molecule has 0 aliphatic carbocycles. The molecular formula is C20H21ClN2O2. The van der Waals surface area contributed by atoms with Crippen LogP contribution in [0.2, 0.25) is 5.02 Å². The third kappa shape index (κ3) is 4.40. The number of nitrogens with zero attached hydrogens (tertiary/aromatic N) is 2. The van der Waals surface area contributed by atoms with Gasteiger partial charge in [-0.2, -0.15) is 0 Å². The van der Waals surface area contributed by atoms with E-state index >= 15 is 0 Å². The van der Waals surface area contributed by atoms with E-state index in [9.17, 15) is 9.59 Å². The standard InChI is InChI=1S/C20H21ClN2O2/c21-18-10-5-4-9-17(18)15-19(24)22-11-6-12-23(14-13-22)20(25)16-7-2-1-3-8-16/h1-5,7-10H,6,11-15H2. The SMILES string of the molecule is O=C(Cc1ccccc1Cl)N1CCCN(C(=O)c2ccccc2)CC1. The van der Waals surface area contributed by atoms with Crippen molar-refractivity contribution >= 4 is 23.4 Å². The quantitative estimate of drug-likeness (QED) is 0.847. The number of hydrogen-bond donors (Lipinski definition) is 0. The Labute approximate surface area is 153 Å². The van der Waals surface area contributed by atoms with E-state index in [1.165, 1.54) is 0 Å². The molecule has 0 N–H and O–H groups in total. The Morgan fingerprint density at radius 1 is 0.840 bits per heavy atom. The summed E-state index contributed by atoms with van der Waals surface area (Å²) in [6, 6.07) is 16.7. The molecule has 0 bridgehead atoms. The second-order valence-corrected chi connectivity index (χ2v) is 6.57. The zero-order valence-corrected chi connectivity index (χ0v) is 14.8. The van der Waals surface area contributed by atoms with Crippen molar-refractivity contribution < 1.29 is 9.59 Å².